The van der Waals surface area contributed by atoms with E-state index in [0.717, 1.165) is 6.42 Å². The van der Waals surface area contributed by atoms with Gasteiger partial charge in [0.15, 0.2) is 0 Å². The number of hydrogen-bond acceptors (Lipinski definition) is 2. The largest absolute Gasteiger partial charge is 0.480 e. The summed E-state index contributed by atoms with van der Waals surface area (Å²) in [6.45, 7) is 11.5. The van der Waals surface area contributed by atoms with E-state index < -0.39 is 17.4 Å². The van der Waals surface area contributed by atoms with Crippen molar-refractivity contribution in [1.29, 1.82) is 0 Å². The number of nitrogens with one attached hydrogen (secondary N) is 1. The molecule has 0 aliphatic carbocycles. The average Bonchev–Trinajstić information content (AvgIpc) is 2.21. The third-order valence-electron chi connectivity index (χ3n) is 3.17. The second-order valence-electron chi connectivity index (χ2n) is 6.68. The van der Waals surface area contributed by atoms with E-state index in [2.05, 4.69) is 19.2 Å². The highest BCUT2D eigenvalue weighted by Gasteiger charge is 2.33. The molecule has 2 amide bonds. The monoisotopic (exact) mass is 272 g/mol. The molecule has 19 heavy (non-hydrogen) atoms. The van der Waals surface area contributed by atoms with Crippen LogP contribution in [0.1, 0.15) is 48.0 Å². The highest BCUT2D eigenvalue weighted by atomic mass is 16.4. The van der Waals surface area contributed by atoms with E-state index in [1.807, 2.05) is 6.92 Å². The minimum atomic E-state index is -1.01. The molecule has 0 saturated heterocycles. The first-order valence-corrected chi connectivity index (χ1v) is 6.73. The van der Waals surface area contributed by atoms with E-state index in [-0.39, 0.29) is 12.1 Å². The zero-order valence-corrected chi connectivity index (χ0v) is 13.2. The quantitative estimate of drug-likeness (QED) is 0.808. The van der Waals surface area contributed by atoms with Gasteiger partial charge in [-0.2, -0.15) is 0 Å². The maximum absolute atomic E-state index is 12.1. The normalized spacial score (nSPS) is 14.9. The zero-order valence-electron chi connectivity index (χ0n) is 13.2. The van der Waals surface area contributed by atoms with Crippen LogP contribution >= 0.6 is 0 Å². The van der Waals surface area contributed by atoms with Crippen molar-refractivity contribution in [2.45, 2.75) is 60.0 Å². The Hall–Kier alpha value is -1.26. The molecular weight excluding hydrogens is 244 g/mol. The summed E-state index contributed by atoms with van der Waals surface area (Å²) in [4.78, 5) is 24.9. The number of hydrogen-bond donors (Lipinski definition) is 2. The molecule has 0 fully saturated rings. The predicted octanol–water partition coefficient (Wildman–Crippen LogP) is 2.56. The fraction of sp³-hybridized carbons (Fsp3) is 0.857. The first-order chi connectivity index (χ1) is 8.46. The Morgan fingerprint density at radius 1 is 1.21 bits per heavy atom. The molecule has 5 heteroatoms. The molecule has 2 atom stereocenters. The summed E-state index contributed by atoms with van der Waals surface area (Å²) in [6.07, 6.45) is 0.886. The topological polar surface area (TPSA) is 69.6 Å². The Morgan fingerprint density at radius 2 is 1.68 bits per heavy atom. The Kier molecular flexibility index (Phi) is 6.33. The molecule has 0 rings (SSSR count). The molecule has 0 aromatic rings. The number of carboxylic acids is 1. The molecule has 0 bridgehead atoms. The van der Waals surface area contributed by atoms with Gasteiger partial charge >= 0.3 is 12.0 Å². The van der Waals surface area contributed by atoms with Crippen LogP contribution in [0.4, 0.5) is 4.79 Å². The number of rotatable bonds is 5. The van der Waals surface area contributed by atoms with Crippen LogP contribution in [0.15, 0.2) is 0 Å². The second-order valence-corrected chi connectivity index (χ2v) is 6.68. The summed E-state index contributed by atoms with van der Waals surface area (Å²) in [5.74, 6) is -0.520. The van der Waals surface area contributed by atoms with Crippen molar-refractivity contribution in [3.05, 3.63) is 0 Å². The van der Waals surface area contributed by atoms with E-state index in [0.29, 0.717) is 5.92 Å². The number of urea groups is 1. The van der Waals surface area contributed by atoms with Gasteiger partial charge in [-0.15, -0.1) is 0 Å². The van der Waals surface area contributed by atoms with Gasteiger partial charge in [0.05, 0.1) is 0 Å². The highest BCUT2D eigenvalue weighted by Crippen LogP contribution is 2.20. The molecule has 0 saturated carbocycles. The van der Waals surface area contributed by atoms with Crippen LogP contribution in [0.5, 0.6) is 0 Å². The Bertz CT molecular complexity index is 321. The number of nitrogens with zero attached hydrogens (tertiary/aromatic N) is 1. The average molecular weight is 272 g/mol. The summed E-state index contributed by atoms with van der Waals surface area (Å²) in [6, 6.07) is -1.15. The first kappa shape index (κ1) is 17.7. The minimum Gasteiger partial charge on any atom is -0.480 e. The fourth-order valence-electron chi connectivity index (χ4n) is 1.91. The van der Waals surface area contributed by atoms with Crippen LogP contribution in [0.25, 0.3) is 0 Å². The lowest BCUT2D eigenvalue weighted by atomic mass is 9.87. The fourth-order valence-corrected chi connectivity index (χ4v) is 1.91. The van der Waals surface area contributed by atoms with Gasteiger partial charge in [0.1, 0.15) is 6.04 Å². The number of carbonyl (C=O) groups excluding carboxylic acids is 1. The maximum atomic E-state index is 12.1. The lowest BCUT2D eigenvalue weighted by Crippen LogP contribution is -2.54. The molecule has 112 valence electrons. The molecule has 0 aliphatic heterocycles. The second kappa shape index (κ2) is 6.78. The van der Waals surface area contributed by atoms with E-state index >= 15 is 0 Å². The minimum absolute atomic E-state index is 0.0782. The third kappa shape index (κ3) is 5.94. The summed E-state index contributed by atoms with van der Waals surface area (Å²) >= 11 is 0. The molecule has 0 aromatic heterocycles. The van der Waals surface area contributed by atoms with Crippen LogP contribution in [0, 0.1) is 11.3 Å². The van der Waals surface area contributed by atoms with Gasteiger partial charge in [-0.05, 0) is 24.7 Å². The van der Waals surface area contributed by atoms with Gasteiger partial charge in [-0.3, -0.25) is 0 Å². The zero-order chi connectivity index (χ0) is 15.4. The van der Waals surface area contributed by atoms with Crippen molar-refractivity contribution in [3.63, 3.8) is 0 Å². The van der Waals surface area contributed by atoms with Crippen LogP contribution < -0.4 is 5.32 Å². The number of carbonyl (C=O) groups is 2. The first-order valence-electron chi connectivity index (χ1n) is 6.73. The van der Waals surface area contributed by atoms with Crippen LogP contribution in [0.2, 0.25) is 0 Å². The van der Waals surface area contributed by atoms with Gasteiger partial charge in [0.25, 0.3) is 0 Å². The van der Waals surface area contributed by atoms with Crippen molar-refractivity contribution >= 4 is 12.0 Å². The summed E-state index contributed by atoms with van der Waals surface area (Å²) < 4.78 is 0. The van der Waals surface area contributed by atoms with Crippen molar-refractivity contribution in [2.24, 2.45) is 11.3 Å². The van der Waals surface area contributed by atoms with Crippen molar-refractivity contribution < 1.29 is 14.7 Å². The van der Waals surface area contributed by atoms with E-state index in [1.54, 1.807) is 32.7 Å². The maximum Gasteiger partial charge on any atom is 0.326 e. The molecule has 0 radical (unpaired) electrons. The number of amides is 2. The summed E-state index contributed by atoms with van der Waals surface area (Å²) in [5.41, 5.74) is -0.524. The summed E-state index contributed by atoms with van der Waals surface area (Å²) in [7, 11) is 1.70. The number of aliphatic carboxylic acids is 1. The molecule has 2 unspecified atom stereocenters. The smallest absolute Gasteiger partial charge is 0.326 e. The van der Waals surface area contributed by atoms with Crippen molar-refractivity contribution in [3.8, 4) is 0 Å². The molecule has 0 heterocycles. The molecule has 0 aromatic carbocycles. The molecule has 5 nitrogen and oxygen atoms in total. The molecule has 0 spiro atoms. The third-order valence-corrected chi connectivity index (χ3v) is 3.17. The molecule has 2 N–H and O–H groups in total. The SMILES string of the molecule is CC(C)CC(C)N(C)C(=O)NC(C(=O)O)C(C)(C)C. The van der Waals surface area contributed by atoms with Crippen LogP contribution in [-0.4, -0.2) is 41.1 Å². The van der Waals surface area contributed by atoms with E-state index in [4.69, 9.17) is 0 Å². The number of carboxylic acid groups (broad SMARTS) is 1. The summed E-state index contributed by atoms with van der Waals surface area (Å²) in [5, 5.41) is 11.8. The molecular formula is C14H28N2O3. The van der Waals surface area contributed by atoms with Gasteiger partial charge in [0.2, 0.25) is 0 Å². The lowest BCUT2D eigenvalue weighted by Gasteiger charge is -2.32. The van der Waals surface area contributed by atoms with E-state index in [1.165, 1.54) is 0 Å². The van der Waals surface area contributed by atoms with Gasteiger partial charge < -0.3 is 15.3 Å². The van der Waals surface area contributed by atoms with Gasteiger partial charge in [0, 0.05) is 13.1 Å². The predicted molar refractivity (Wildman–Crippen MR) is 76.1 cm³/mol. The highest BCUT2D eigenvalue weighted by molar-refractivity contribution is 5.83. The van der Waals surface area contributed by atoms with Crippen LogP contribution in [-0.2, 0) is 4.79 Å². The van der Waals surface area contributed by atoms with Crippen LogP contribution in [0.3, 0.4) is 0 Å². The van der Waals surface area contributed by atoms with Crippen molar-refractivity contribution in [2.75, 3.05) is 7.05 Å². The van der Waals surface area contributed by atoms with Gasteiger partial charge in [-0.1, -0.05) is 34.6 Å². The lowest BCUT2D eigenvalue weighted by molar-refractivity contribution is -0.142. The Balaban J connectivity index is 4.70. The molecule has 0 aliphatic rings. The van der Waals surface area contributed by atoms with Gasteiger partial charge in [-0.25, -0.2) is 9.59 Å². The van der Waals surface area contributed by atoms with Crippen molar-refractivity contribution in [1.82, 2.24) is 10.2 Å². The van der Waals surface area contributed by atoms with E-state index in [9.17, 15) is 14.7 Å². The Labute approximate surface area is 116 Å². The standard InChI is InChI=1S/C14H28N2O3/c1-9(2)8-10(3)16(7)13(19)15-11(12(17)18)14(4,5)6/h9-11H,8H2,1-7H3,(H,15,19)(H,17,18). The Morgan fingerprint density at radius 3 is 2.00 bits per heavy atom.